The van der Waals surface area contributed by atoms with Gasteiger partial charge in [0.2, 0.25) is 0 Å². The molecule has 84 valence electrons. The van der Waals surface area contributed by atoms with Gasteiger partial charge >= 0.3 is 0 Å². The van der Waals surface area contributed by atoms with Gasteiger partial charge in [0, 0.05) is 5.39 Å². The fourth-order valence-electron chi connectivity index (χ4n) is 1.58. The zero-order chi connectivity index (χ0) is 11.4. The maximum Gasteiger partial charge on any atom is 0.127 e. The van der Waals surface area contributed by atoms with E-state index in [2.05, 4.69) is 23.6 Å². The Morgan fingerprint density at radius 3 is 2.75 bits per heavy atom. The van der Waals surface area contributed by atoms with E-state index in [4.69, 9.17) is 10.6 Å². The third-order valence-electron chi connectivity index (χ3n) is 2.52. The van der Waals surface area contributed by atoms with E-state index in [0.29, 0.717) is 6.61 Å². The third kappa shape index (κ3) is 2.32. The molecule has 0 spiro atoms. The molecule has 2 aromatic carbocycles. The molecular weight excluding hydrogens is 200 g/mol. The van der Waals surface area contributed by atoms with Crippen LogP contribution in [0.1, 0.15) is 6.92 Å². The summed E-state index contributed by atoms with van der Waals surface area (Å²) in [5, 5.41) is 2.32. The molecule has 0 radical (unpaired) electrons. The van der Waals surface area contributed by atoms with Crippen LogP contribution in [0.4, 0.5) is 0 Å². The molecule has 3 heteroatoms. The van der Waals surface area contributed by atoms with E-state index >= 15 is 0 Å². The Hall–Kier alpha value is -1.58. The van der Waals surface area contributed by atoms with Crippen molar-refractivity contribution in [2.45, 2.75) is 13.0 Å². The Morgan fingerprint density at radius 2 is 1.94 bits per heavy atom. The van der Waals surface area contributed by atoms with Crippen LogP contribution < -0.4 is 16.0 Å². The van der Waals surface area contributed by atoms with Crippen molar-refractivity contribution in [1.29, 1.82) is 0 Å². The smallest absolute Gasteiger partial charge is 0.127 e. The zero-order valence-electron chi connectivity index (χ0n) is 9.31. The van der Waals surface area contributed by atoms with Gasteiger partial charge in [-0.2, -0.15) is 0 Å². The molecule has 0 aliphatic rings. The van der Waals surface area contributed by atoms with Gasteiger partial charge in [-0.1, -0.05) is 36.4 Å². The van der Waals surface area contributed by atoms with Gasteiger partial charge < -0.3 is 4.74 Å². The summed E-state index contributed by atoms with van der Waals surface area (Å²) in [5.41, 5.74) is 2.66. The first-order valence-electron chi connectivity index (χ1n) is 5.38. The SMILES string of the molecule is CC(COc1cccc2ccccc12)NN. The molecule has 0 fully saturated rings. The van der Waals surface area contributed by atoms with E-state index in [-0.39, 0.29) is 6.04 Å². The number of rotatable bonds is 4. The molecule has 3 N–H and O–H groups in total. The van der Waals surface area contributed by atoms with Gasteiger partial charge in [0.15, 0.2) is 0 Å². The van der Waals surface area contributed by atoms with Crippen molar-refractivity contribution >= 4 is 10.8 Å². The van der Waals surface area contributed by atoms with E-state index in [1.807, 2.05) is 31.2 Å². The van der Waals surface area contributed by atoms with Gasteiger partial charge in [-0.05, 0) is 18.4 Å². The molecule has 16 heavy (non-hydrogen) atoms. The van der Waals surface area contributed by atoms with Gasteiger partial charge in [0.1, 0.15) is 12.4 Å². The topological polar surface area (TPSA) is 47.3 Å². The Bertz CT molecular complexity index is 465. The first-order chi connectivity index (χ1) is 7.81. The summed E-state index contributed by atoms with van der Waals surface area (Å²) in [4.78, 5) is 0. The second kappa shape index (κ2) is 4.96. The number of nitrogens with two attached hydrogens (primary N) is 1. The number of ether oxygens (including phenoxy) is 1. The van der Waals surface area contributed by atoms with Crippen molar-refractivity contribution in [2.75, 3.05) is 6.61 Å². The maximum absolute atomic E-state index is 5.73. The van der Waals surface area contributed by atoms with Crippen molar-refractivity contribution in [3.63, 3.8) is 0 Å². The summed E-state index contributed by atoms with van der Waals surface area (Å²) < 4.78 is 5.73. The predicted molar refractivity (Wildman–Crippen MR) is 66.2 cm³/mol. The molecule has 0 aliphatic heterocycles. The van der Waals surface area contributed by atoms with E-state index in [9.17, 15) is 0 Å². The lowest BCUT2D eigenvalue weighted by Gasteiger charge is -2.13. The summed E-state index contributed by atoms with van der Waals surface area (Å²) in [6, 6.07) is 14.4. The van der Waals surface area contributed by atoms with Crippen LogP contribution in [-0.4, -0.2) is 12.6 Å². The van der Waals surface area contributed by atoms with E-state index in [1.54, 1.807) is 0 Å². The number of hydrogen-bond acceptors (Lipinski definition) is 3. The minimum atomic E-state index is 0.138. The molecule has 2 aromatic rings. The zero-order valence-corrected chi connectivity index (χ0v) is 9.31. The van der Waals surface area contributed by atoms with E-state index in [0.717, 1.165) is 11.1 Å². The lowest BCUT2D eigenvalue weighted by Crippen LogP contribution is -2.36. The predicted octanol–water partition coefficient (Wildman–Crippen LogP) is 2.07. The largest absolute Gasteiger partial charge is 0.491 e. The second-order valence-electron chi connectivity index (χ2n) is 3.86. The Labute approximate surface area is 95.2 Å². The Kier molecular flexibility index (Phi) is 3.39. The molecule has 2 rings (SSSR count). The van der Waals surface area contributed by atoms with Crippen LogP contribution in [0.2, 0.25) is 0 Å². The van der Waals surface area contributed by atoms with Crippen LogP contribution in [0.15, 0.2) is 42.5 Å². The van der Waals surface area contributed by atoms with Crippen LogP contribution in [0, 0.1) is 0 Å². The highest BCUT2D eigenvalue weighted by Gasteiger charge is 2.03. The van der Waals surface area contributed by atoms with Crippen molar-refractivity contribution in [2.24, 2.45) is 5.84 Å². The fourth-order valence-corrected chi connectivity index (χ4v) is 1.58. The quantitative estimate of drug-likeness (QED) is 0.607. The average molecular weight is 216 g/mol. The molecule has 1 unspecified atom stereocenters. The fraction of sp³-hybridized carbons (Fsp3) is 0.231. The summed E-state index contributed by atoms with van der Waals surface area (Å²) in [5.74, 6) is 6.22. The number of fused-ring (bicyclic) bond motifs is 1. The average Bonchev–Trinajstić information content (AvgIpc) is 2.35. The summed E-state index contributed by atoms with van der Waals surface area (Å²) in [6.45, 7) is 2.54. The van der Waals surface area contributed by atoms with Crippen molar-refractivity contribution in [3.05, 3.63) is 42.5 Å². The van der Waals surface area contributed by atoms with E-state index < -0.39 is 0 Å². The Balaban J connectivity index is 2.23. The van der Waals surface area contributed by atoms with Crippen LogP contribution in [0.3, 0.4) is 0 Å². The highest BCUT2D eigenvalue weighted by atomic mass is 16.5. The molecule has 0 aliphatic carbocycles. The second-order valence-corrected chi connectivity index (χ2v) is 3.86. The number of hydrogen-bond donors (Lipinski definition) is 2. The number of benzene rings is 2. The minimum absolute atomic E-state index is 0.138. The van der Waals surface area contributed by atoms with Crippen molar-refractivity contribution in [3.8, 4) is 5.75 Å². The summed E-state index contributed by atoms with van der Waals surface area (Å²) in [6.07, 6.45) is 0. The molecule has 0 amide bonds. The van der Waals surface area contributed by atoms with Gasteiger partial charge in [0.05, 0.1) is 6.04 Å². The van der Waals surface area contributed by atoms with Crippen molar-refractivity contribution in [1.82, 2.24) is 5.43 Å². The Morgan fingerprint density at radius 1 is 1.19 bits per heavy atom. The van der Waals surface area contributed by atoms with Crippen molar-refractivity contribution < 1.29 is 4.74 Å². The number of hydrazine groups is 1. The van der Waals surface area contributed by atoms with E-state index in [1.165, 1.54) is 5.39 Å². The number of nitrogens with one attached hydrogen (secondary N) is 1. The molecule has 0 aromatic heterocycles. The van der Waals surface area contributed by atoms with Crippen LogP contribution in [0.5, 0.6) is 5.75 Å². The lowest BCUT2D eigenvalue weighted by molar-refractivity contribution is 0.277. The summed E-state index contributed by atoms with van der Waals surface area (Å²) in [7, 11) is 0. The first kappa shape index (κ1) is 10.9. The van der Waals surface area contributed by atoms with Crippen LogP contribution in [0.25, 0.3) is 10.8 Å². The molecule has 0 heterocycles. The first-order valence-corrected chi connectivity index (χ1v) is 5.38. The maximum atomic E-state index is 5.73. The lowest BCUT2D eigenvalue weighted by atomic mass is 10.1. The highest BCUT2D eigenvalue weighted by Crippen LogP contribution is 2.24. The normalized spacial score (nSPS) is 12.6. The monoisotopic (exact) mass is 216 g/mol. The third-order valence-corrected chi connectivity index (χ3v) is 2.52. The molecule has 3 nitrogen and oxygen atoms in total. The minimum Gasteiger partial charge on any atom is -0.491 e. The molecular formula is C13H16N2O. The van der Waals surface area contributed by atoms with Crippen LogP contribution in [-0.2, 0) is 0 Å². The molecule has 1 atom stereocenters. The molecule has 0 bridgehead atoms. The highest BCUT2D eigenvalue weighted by molar-refractivity contribution is 5.88. The van der Waals surface area contributed by atoms with Gasteiger partial charge in [0.25, 0.3) is 0 Å². The van der Waals surface area contributed by atoms with Gasteiger partial charge in [-0.15, -0.1) is 0 Å². The van der Waals surface area contributed by atoms with Gasteiger partial charge in [-0.3, -0.25) is 11.3 Å². The summed E-state index contributed by atoms with van der Waals surface area (Å²) >= 11 is 0. The standard InChI is InChI=1S/C13H16N2O/c1-10(15-14)9-16-13-8-4-6-11-5-2-3-7-12(11)13/h2-8,10,15H,9,14H2,1H3. The van der Waals surface area contributed by atoms with Crippen LogP contribution >= 0.6 is 0 Å². The molecule has 0 saturated carbocycles. The molecule has 0 saturated heterocycles. The van der Waals surface area contributed by atoms with Gasteiger partial charge in [-0.25, -0.2) is 0 Å².